The third kappa shape index (κ3) is 3.49. The lowest BCUT2D eigenvalue weighted by Crippen LogP contribution is -2.43. The first-order chi connectivity index (χ1) is 15.1. The van der Waals surface area contributed by atoms with Gasteiger partial charge in [-0.1, -0.05) is 18.2 Å². The molecule has 0 radical (unpaired) electrons. The van der Waals surface area contributed by atoms with Crippen LogP contribution in [0.2, 0.25) is 0 Å². The largest absolute Gasteiger partial charge is 0.508 e. The molecule has 0 amide bonds. The highest BCUT2D eigenvalue weighted by Gasteiger charge is 2.39. The molecule has 0 aliphatic carbocycles. The van der Waals surface area contributed by atoms with Crippen molar-refractivity contribution in [1.29, 1.82) is 0 Å². The molecule has 2 heterocycles. The summed E-state index contributed by atoms with van der Waals surface area (Å²) in [7, 11) is 3.35. The van der Waals surface area contributed by atoms with Gasteiger partial charge in [0.15, 0.2) is 11.5 Å². The highest BCUT2D eigenvalue weighted by Crippen LogP contribution is 2.47. The second-order valence-electron chi connectivity index (χ2n) is 8.38. The Kier molecular flexibility index (Phi) is 4.98. The number of ether oxygens (including phenoxy) is 2. The van der Waals surface area contributed by atoms with E-state index >= 15 is 0 Å². The smallest absolute Gasteiger partial charge is 0.161 e. The normalized spacial score (nSPS) is 19.8. The van der Waals surface area contributed by atoms with Crippen LogP contribution >= 0.6 is 0 Å². The van der Waals surface area contributed by atoms with E-state index in [2.05, 4.69) is 23.1 Å². The summed E-state index contributed by atoms with van der Waals surface area (Å²) in [5.74, 6) is 2.11. The summed E-state index contributed by atoms with van der Waals surface area (Å²) in [6.45, 7) is 0.936. The zero-order valence-corrected chi connectivity index (χ0v) is 17.8. The van der Waals surface area contributed by atoms with Gasteiger partial charge in [-0.15, -0.1) is 0 Å². The maximum atomic E-state index is 10.2. The summed E-state index contributed by atoms with van der Waals surface area (Å²) in [5, 5.41) is 19.9. The summed E-state index contributed by atoms with van der Waals surface area (Å²) in [6.07, 6.45) is 2.65. The number of fused-ring (bicyclic) bond motifs is 4. The summed E-state index contributed by atoms with van der Waals surface area (Å²) in [5.41, 5.74) is 6.22. The number of benzene rings is 3. The lowest BCUT2D eigenvalue weighted by molar-refractivity contribution is 0.106. The molecule has 160 valence electrons. The van der Waals surface area contributed by atoms with Crippen molar-refractivity contribution >= 4 is 0 Å². The van der Waals surface area contributed by atoms with Crippen LogP contribution in [-0.4, -0.2) is 35.9 Å². The van der Waals surface area contributed by atoms with Crippen molar-refractivity contribution in [3.8, 4) is 23.0 Å². The van der Waals surface area contributed by atoms with Crippen LogP contribution in [0.3, 0.4) is 0 Å². The Morgan fingerprint density at radius 3 is 2.29 bits per heavy atom. The van der Waals surface area contributed by atoms with Gasteiger partial charge in [-0.25, -0.2) is 0 Å². The molecule has 2 N–H and O–H groups in total. The van der Waals surface area contributed by atoms with Gasteiger partial charge >= 0.3 is 0 Å². The van der Waals surface area contributed by atoms with Gasteiger partial charge < -0.3 is 19.7 Å². The average Bonchev–Trinajstić information content (AvgIpc) is 2.79. The van der Waals surface area contributed by atoms with E-state index in [1.807, 2.05) is 18.2 Å². The van der Waals surface area contributed by atoms with Gasteiger partial charge in [-0.3, -0.25) is 4.90 Å². The average molecular weight is 418 g/mol. The molecule has 2 aliphatic heterocycles. The van der Waals surface area contributed by atoms with Crippen molar-refractivity contribution in [2.75, 3.05) is 20.8 Å². The van der Waals surface area contributed by atoms with E-state index in [1.54, 1.807) is 32.4 Å². The predicted octanol–water partition coefficient (Wildman–Crippen LogP) is 4.55. The Morgan fingerprint density at radius 2 is 1.55 bits per heavy atom. The van der Waals surface area contributed by atoms with Crippen LogP contribution in [0, 0.1) is 0 Å². The maximum absolute atomic E-state index is 10.2. The molecular formula is C26H27NO4. The van der Waals surface area contributed by atoms with Crippen LogP contribution in [0.25, 0.3) is 0 Å². The SMILES string of the molecule is COc1cc2c(cc1OC)[C@@H]1Cc3ccc(O)cc3[C@H](Cc3ccc(O)cc3)N1CC2. The van der Waals surface area contributed by atoms with Crippen LogP contribution in [0.5, 0.6) is 23.0 Å². The molecule has 3 aromatic carbocycles. The molecule has 0 bridgehead atoms. The van der Waals surface area contributed by atoms with E-state index in [9.17, 15) is 10.2 Å². The van der Waals surface area contributed by atoms with Gasteiger partial charge in [0.05, 0.1) is 14.2 Å². The number of nitrogens with zero attached hydrogens (tertiary/aromatic N) is 1. The topological polar surface area (TPSA) is 62.2 Å². The number of aromatic hydroxyl groups is 2. The molecule has 5 nitrogen and oxygen atoms in total. The van der Waals surface area contributed by atoms with Crippen molar-refractivity contribution in [3.63, 3.8) is 0 Å². The fourth-order valence-electron chi connectivity index (χ4n) is 5.20. The quantitative estimate of drug-likeness (QED) is 0.652. The van der Waals surface area contributed by atoms with Crippen molar-refractivity contribution < 1.29 is 19.7 Å². The molecule has 31 heavy (non-hydrogen) atoms. The minimum Gasteiger partial charge on any atom is -0.508 e. The van der Waals surface area contributed by atoms with Crippen LogP contribution < -0.4 is 9.47 Å². The molecule has 0 unspecified atom stereocenters. The van der Waals surface area contributed by atoms with Crippen LogP contribution in [0.1, 0.15) is 39.9 Å². The minimum atomic E-state index is 0.145. The number of rotatable bonds is 4. The van der Waals surface area contributed by atoms with Crippen molar-refractivity contribution in [1.82, 2.24) is 4.90 Å². The zero-order valence-electron chi connectivity index (χ0n) is 17.8. The van der Waals surface area contributed by atoms with Gasteiger partial charge in [-0.2, -0.15) is 0 Å². The summed E-state index contributed by atoms with van der Waals surface area (Å²) in [6, 6.07) is 17.8. The highest BCUT2D eigenvalue weighted by atomic mass is 16.5. The summed E-state index contributed by atoms with van der Waals surface area (Å²) in [4.78, 5) is 2.56. The zero-order chi connectivity index (χ0) is 21.5. The van der Waals surface area contributed by atoms with E-state index in [4.69, 9.17) is 9.47 Å². The van der Waals surface area contributed by atoms with Crippen molar-refractivity contribution in [3.05, 3.63) is 82.4 Å². The number of hydrogen-bond donors (Lipinski definition) is 2. The molecule has 0 spiro atoms. The third-order valence-electron chi connectivity index (χ3n) is 6.71. The number of phenolic OH excluding ortho intramolecular Hbond substituents is 2. The van der Waals surface area contributed by atoms with Gasteiger partial charge in [0.25, 0.3) is 0 Å². The summed E-state index contributed by atoms with van der Waals surface area (Å²) >= 11 is 0. The molecule has 2 aliphatic rings. The van der Waals surface area contributed by atoms with E-state index in [0.717, 1.165) is 42.9 Å². The molecule has 5 heteroatoms. The van der Waals surface area contributed by atoms with Crippen molar-refractivity contribution in [2.24, 2.45) is 0 Å². The van der Waals surface area contributed by atoms with E-state index in [1.165, 1.54) is 22.3 Å². The molecule has 0 saturated carbocycles. The standard InChI is InChI=1S/C26H27NO4/c1-30-25-13-18-9-10-27-23(11-16-3-6-19(28)7-4-16)21-14-20(29)8-5-17(21)12-24(27)22(18)15-26(25)31-2/h3-8,13-15,23-24,28-29H,9-12H2,1-2H3/t23-,24-/m0/s1. The maximum Gasteiger partial charge on any atom is 0.161 e. The molecular weight excluding hydrogens is 390 g/mol. The number of phenols is 2. The number of hydrogen-bond acceptors (Lipinski definition) is 5. The Labute approximate surface area is 182 Å². The molecule has 0 aromatic heterocycles. The van der Waals surface area contributed by atoms with Gasteiger partial charge in [-0.05, 0) is 83.5 Å². The molecule has 5 rings (SSSR count). The molecule has 0 fully saturated rings. The lowest BCUT2D eigenvalue weighted by Gasteiger charge is -2.47. The first kappa shape index (κ1) is 19.8. The highest BCUT2D eigenvalue weighted by molar-refractivity contribution is 5.51. The fraction of sp³-hybridized carbons (Fsp3) is 0.308. The van der Waals surface area contributed by atoms with Gasteiger partial charge in [0, 0.05) is 18.6 Å². The Balaban J connectivity index is 1.59. The second-order valence-corrected chi connectivity index (χ2v) is 8.38. The molecule has 0 saturated heterocycles. The van der Waals surface area contributed by atoms with Gasteiger partial charge in [0.1, 0.15) is 11.5 Å². The first-order valence-electron chi connectivity index (χ1n) is 10.7. The number of methoxy groups -OCH3 is 2. The van der Waals surface area contributed by atoms with Crippen LogP contribution in [-0.2, 0) is 19.3 Å². The minimum absolute atomic E-state index is 0.145. The van der Waals surface area contributed by atoms with E-state index in [-0.39, 0.29) is 17.8 Å². The van der Waals surface area contributed by atoms with Crippen LogP contribution in [0.15, 0.2) is 54.6 Å². The van der Waals surface area contributed by atoms with E-state index < -0.39 is 0 Å². The first-order valence-corrected chi connectivity index (χ1v) is 10.7. The van der Waals surface area contributed by atoms with Crippen LogP contribution in [0.4, 0.5) is 0 Å². The third-order valence-corrected chi connectivity index (χ3v) is 6.71. The van der Waals surface area contributed by atoms with E-state index in [0.29, 0.717) is 5.75 Å². The summed E-state index contributed by atoms with van der Waals surface area (Å²) < 4.78 is 11.1. The Bertz CT molecular complexity index is 1110. The van der Waals surface area contributed by atoms with Crippen molar-refractivity contribution in [2.45, 2.75) is 31.3 Å². The predicted molar refractivity (Wildman–Crippen MR) is 119 cm³/mol. The second kappa shape index (κ2) is 7.82. The Morgan fingerprint density at radius 1 is 0.839 bits per heavy atom. The fourth-order valence-corrected chi connectivity index (χ4v) is 5.20. The van der Waals surface area contributed by atoms with Gasteiger partial charge in [0.2, 0.25) is 0 Å². The Hall–Kier alpha value is -3.18. The monoisotopic (exact) mass is 417 g/mol. The molecule has 3 aromatic rings. The molecule has 2 atom stereocenters. The lowest BCUT2D eigenvalue weighted by atomic mass is 9.79.